The molecule has 3 rings (SSSR count). The van der Waals surface area contributed by atoms with Gasteiger partial charge in [-0.25, -0.2) is 4.79 Å². The van der Waals surface area contributed by atoms with E-state index in [0.717, 1.165) is 10.5 Å². The number of carbonyl (C=O) groups excluding carboxylic acids is 3. The van der Waals surface area contributed by atoms with Crippen molar-refractivity contribution in [3.05, 3.63) is 36.2 Å². The van der Waals surface area contributed by atoms with E-state index < -0.39 is 24.5 Å². The summed E-state index contributed by atoms with van der Waals surface area (Å²) in [5.74, 6) is -0.735. The maximum atomic E-state index is 11.8. The summed E-state index contributed by atoms with van der Waals surface area (Å²) < 4.78 is 10.4. The Morgan fingerprint density at radius 1 is 1.25 bits per heavy atom. The van der Waals surface area contributed by atoms with Gasteiger partial charge in [0.2, 0.25) is 5.89 Å². The number of aromatic nitrogens is 2. The van der Waals surface area contributed by atoms with Crippen molar-refractivity contribution in [2.75, 3.05) is 20.1 Å². The van der Waals surface area contributed by atoms with Gasteiger partial charge in [-0.3, -0.25) is 14.5 Å². The van der Waals surface area contributed by atoms with Crippen LogP contribution >= 0.6 is 0 Å². The Hall–Kier alpha value is -3.23. The third-order valence-electron chi connectivity index (χ3n) is 3.36. The number of imide groups is 1. The van der Waals surface area contributed by atoms with Gasteiger partial charge in [-0.1, -0.05) is 18.2 Å². The third-order valence-corrected chi connectivity index (χ3v) is 3.36. The Balaban J connectivity index is 1.55. The molecule has 0 unspecified atom stereocenters. The van der Waals surface area contributed by atoms with Crippen LogP contribution < -0.4 is 0 Å². The van der Waals surface area contributed by atoms with Crippen LogP contribution in [0.15, 0.2) is 34.7 Å². The van der Waals surface area contributed by atoms with Crippen molar-refractivity contribution in [2.24, 2.45) is 0 Å². The lowest BCUT2D eigenvalue weighted by molar-refractivity contribution is -0.148. The summed E-state index contributed by atoms with van der Waals surface area (Å²) in [5, 5.41) is 7.66. The normalized spacial score (nSPS) is 14.4. The van der Waals surface area contributed by atoms with Crippen LogP contribution in [0.5, 0.6) is 0 Å². The van der Waals surface area contributed by atoms with Crippen LogP contribution in [0, 0.1) is 0 Å². The fourth-order valence-electron chi connectivity index (χ4n) is 2.15. The predicted octanol–water partition coefficient (Wildman–Crippen LogP) is 0.674. The molecular weight excluding hydrogens is 316 g/mol. The summed E-state index contributed by atoms with van der Waals surface area (Å²) in [5.41, 5.74) is 0.749. The minimum atomic E-state index is -0.730. The van der Waals surface area contributed by atoms with Crippen molar-refractivity contribution < 1.29 is 23.5 Å². The number of hydrogen-bond donors (Lipinski definition) is 0. The zero-order valence-electron chi connectivity index (χ0n) is 12.8. The van der Waals surface area contributed by atoms with Gasteiger partial charge < -0.3 is 14.1 Å². The minimum Gasteiger partial charge on any atom is -0.454 e. The van der Waals surface area contributed by atoms with E-state index in [0.29, 0.717) is 5.89 Å². The molecule has 9 nitrogen and oxygen atoms in total. The monoisotopic (exact) mass is 330 g/mol. The lowest BCUT2D eigenvalue weighted by Gasteiger charge is -2.12. The second-order valence-electron chi connectivity index (χ2n) is 5.15. The number of likely N-dealkylation sites (N-methyl/N-ethyl adjacent to an activating group) is 1. The summed E-state index contributed by atoms with van der Waals surface area (Å²) in [6.45, 7) is -0.720. The molecule has 0 spiro atoms. The van der Waals surface area contributed by atoms with Gasteiger partial charge in [0.25, 0.3) is 11.8 Å². The molecule has 0 saturated carbocycles. The van der Waals surface area contributed by atoms with Gasteiger partial charge in [-0.15, -0.1) is 10.2 Å². The second-order valence-corrected chi connectivity index (χ2v) is 5.15. The molecule has 124 valence electrons. The van der Waals surface area contributed by atoms with Crippen molar-refractivity contribution in [1.82, 2.24) is 20.0 Å². The molecule has 1 aromatic heterocycles. The Bertz CT molecular complexity index is 773. The van der Waals surface area contributed by atoms with E-state index in [2.05, 4.69) is 10.2 Å². The molecule has 3 amide bonds. The van der Waals surface area contributed by atoms with Crippen molar-refractivity contribution in [1.29, 1.82) is 0 Å². The number of hydrogen-bond acceptors (Lipinski definition) is 7. The van der Waals surface area contributed by atoms with Gasteiger partial charge in [0.05, 0.1) is 0 Å². The highest BCUT2D eigenvalue weighted by molar-refractivity contribution is 6.03. The van der Waals surface area contributed by atoms with E-state index in [-0.39, 0.29) is 19.0 Å². The summed E-state index contributed by atoms with van der Waals surface area (Å²) in [7, 11) is 1.48. The van der Waals surface area contributed by atoms with Crippen molar-refractivity contribution in [2.45, 2.75) is 6.61 Å². The number of amides is 3. The predicted molar refractivity (Wildman–Crippen MR) is 79.3 cm³/mol. The van der Waals surface area contributed by atoms with Crippen molar-refractivity contribution in [3.63, 3.8) is 0 Å². The standard InChI is InChI=1S/C15H14N4O5/c1-18-7-12(20)19(15(18)22)8-13(21)23-9-11-16-17-14(24-11)10-5-3-2-4-6-10/h2-6H,7-9H2,1H3. The largest absolute Gasteiger partial charge is 0.454 e. The van der Waals surface area contributed by atoms with Crippen LogP contribution in [0.2, 0.25) is 0 Å². The first-order valence-electron chi connectivity index (χ1n) is 7.13. The van der Waals surface area contributed by atoms with Crippen LogP contribution in [-0.2, 0) is 20.9 Å². The molecule has 1 aliphatic heterocycles. The molecule has 2 aromatic rings. The number of ether oxygens (including phenoxy) is 1. The molecule has 0 bridgehead atoms. The number of esters is 1. The molecule has 2 heterocycles. The van der Waals surface area contributed by atoms with Gasteiger partial charge >= 0.3 is 12.0 Å². The molecule has 0 N–H and O–H groups in total. The number of rotatable bonds is 5. The van der Waals surface area contributed by atoms with Crippen LogP contribution in [-0.4, -0.2) is 58.0 Å². The van der Waals surface area contributed by atoms with Crippen molar-refractivity contribution in [3.8, 4) is 11.5 Å². The number of benzene rings is 1. The maximum Gasteiger partial charge on any atom is 0.327 e. The molecule has 1 saturated heterocycles. The first kappa shape index (κ1) is 15.7. The fraction of sp³-hybridized carbons (Fsp3) is 0.267. The van der Waals surface area contributed by atoms with Gasteiger partial charge in [0.15, 0.2) is 6.61 Å². The Morgan fingerprint density at radius 3 is 2.67 bits per heavy atom. The molecule has 1 aliphatic rings. The van der Waals surface area contributed by atoms with E-state index in [1.165, 1.54) is 11.9 Å². The SMILES string of the molecule is CN1CC(=O)N(CC(=O)OCc2nnc(-c3ccccc3)o2)C1=O. The second kappa shape index (κ2) is 6.49. The van der Waals surface area contributed by atoms with E-state index in [9.17, 15) is 14.4 Å². The first-order chi connectivity index (χ1) is 11.5. The zero-order chi connectivity index (χ0) is 17.1. The molecule has 0 radical (unpaired) electrons. The Kier molecular flexibility index (Phi) is 4.23. The average molecular weight is 330 g/mol. The number of nitrogens with zero attached hydrogens (tertiary/aromatic N) is 4. The number of carbonyl (C=O) groups is 3. The summed E-state index contributed by atoms with van der Waals surface area (Å²) in [4.78, 5) is 37.1. The molecular formula is C15H14N4O5. The number of urea groups is 1. The van der Waals surface area contributed by atoms with Gasteiger partial charge in [-0.2, -0.15) is 0 Å². The quantitative estimate of drug-likeness (QED) is 0.586. The van der Waals surface area contributed by atoms with Gasteiger partial charge in [0, 0.05) is 12.6 Å². The molecule has 0 atom stereocenters. The minimum absolute atomic E-state index is 0.0454. The summed E-state index contributed by atoms with van der Waals surface area (Å²) in [6, 6.07) is 8.62. The molecule has 1 fully saturated rings. The first-order valence-corrected chi connectivity index (χ1v) is 7.13. The summed E-state index contributed by atoms with van der Waals surface area (Å²) in [6.07, 6.45) is 0. The highest BCUT2D eigenvalue weighted by Gasteiger charge is 2.35. The van der Waals surface area contributed by atoms with Crippen LogP contribution in [0.3, 0.4) is 0 Å². The lowest BCUT2D eigenvalue weighted by atomic mass is 10.2. The fourth-order valence-corrected chi connectivity index (χ4v) is 2.15. The van der Waals surface area contributed by atoms with E-state index in [1.54, 1.807) is 0 Å². The molecule has 1 aromatic carbocycles. The topological polar surface area (TPSA) is 106 Å². The van der Waals surface area contributed by atoms with Crippen molar-refractivity contribution >= 4 is 17.9 Å². The zero-order valence-corrected chi connectivity index (χ0v) is 12.8. The van der Waals surface area contributed by atoms with E-state index >= 15 is 0 Å². The van der Waals surface area contributed by atoms with Gasteiger partial charge in [0.1, 0.15) is 13.1 Å². The highest BCUT2D eigenvalue weighted by atomic mass is 16.5. The van der Waals surface area contributed by atoms with Crippen LogP contribution in [0.25, 0.3) is 11.5 Å². The maximum absolute atomic E-state index is 11.8. The van der Waals surface area contributed by atoms with Crippen LogP contribution in [0.4, 0.5) is 4.79 Å². The molecule has 0 aliphatic carbocycles. The smallest absolute Gasteiger partial charge is 0.327 e. The Labute approximate surface area is 136 Å². The third kappa shape index (κ3) is 3.24. The lowest BCUT2D eigenvalue weighted by Crippen LogP contribution is -2.36. The Morgan fingerprint density at radius 2 is 2.00 bits per heavy atom. The average Bonchev–Trinajstić information content (AvgIpc) is 3.15. The van der Waals surface area contributed by atoms with Gasteiger partial charge in [-0.05, 0) is 12.1 Å². The molecule has 24 heavy (non-hydrogen) atoms. The highest BCUT2D eigenvalue weighted by Crippen LogP contribution is 2.17. The van der Waals surface area contributed by atoms with Crippen LogP contribution in [0.1, 0.15) is 5.89 Å². The molecule has 9 heteroatoms. The summed E-state index contributed by atoms with van der Waals surface area (Å²) >= 11 is 0. The van der Waals surface area contributed by atoms with E-state index in [4.69, 9.17) is 9.15 Å². The van der Waals surface area contributed by atoms with E-state index in [1.807, 2.05) is 30.3 Å².